The lowest BCUT2D eigenvalue weighted by Crippen LogP contribution is -2.56. The van der Waals surface area contributed by atoms with Crippen molar-refractivity contribution in [1.82, 2.24) is 15.5 Å². The molecule has 3 amide bonds. The minimum absolute atomic E-state index is 0.196. The third-order valence-corrected chi connectivity index (χ3v) is 5.15. The largest absolute Gasteiger partial charge is 0.408 e. The lowest BCUT2D eigenvalue weighted by molar-refractivity contribution is -0.149. The van der Waals surface area contributed by atoms with Crippen molar-refractivity contribution in [3.63, 3.8) is 0 Å². The molecule has 0 saturated carbocycles. The third-order valence-electron chi connectivity index (χ3n) is 5.15. The Bertz CT molecular complexity index is 949. The van der Waals surface area contributed by atoms with E-state index in [1.54, 1.807) is 6.07 Å². The van der Waals surface area contributed by atoms with Gasteiger partial charge in [0.1, 0.15) is 18.0 Å². The van der Waals surface area contributed by atoms with E-state index in [2.05, 4.69) is 20.4 Å². The predicted octanol–water partition coefficient (Wildman–Crippen LogP) is 2.77. The van der Waals surface area contributed by atoms with E-state index >= 15 is 0 Å². The summed E-state index contributed by atoms with van der Waals surface area (Å²) in [5, 5.41) is 8.16. The van der Waals surface area contributed by atoms with Crippen LogP contribution < -0.4 is 20.4 Å². The molecular weight excluding hydrogens is 405 g/mol. The van der Waals surface area contributed by atoms with Gasteiger partial charge in [0.2, 0.25) is 0 Å². The first-order chi connectivity index (χ1) is 14.2. The number of alkyl halides is 3. The normalized spacial score (nSPS) is 19.1. The molecular formula is C18H19F3N6O3. The Labute approximate surface area is 169 Å². The van der Waals surface area contributed by atoms with E-state index in [1.165, 1.54) is 23.3 Å². The molecule has 2 aromatic heterocycles. The lowest BCUT2D eigenvalue weighted by Gasteiger charge is -2.45. The predicted molar refractivity (Wildman–Crippen MR) is 100 cm³/mol. The molecule has 1 fully saturated rings. The van der Waals surface area contributed by atoms with Crippen LogP contribution in [0.1, 0.15) is 30.3 Å². The maximum atomic E-state index is 12.9. The molecule has 4 rings (SSSR count). The Morgan fingerprint density at radius 3 is 2.80 bits per heavy atom. The summed E-state index contributed by atoms with van der Waals surface area (Å²) in [5.74, 6) is -0.530. The number of amides is 3. The van der Waals surface area contributed by atoms with Crippen molar-refractivity contribution >= 4 is 29.3 Å². The van der Waals surface area contributed by atoms with Gasteiger partial charge < -0.3 is 14.7 Å². The maximum Gasteiger partial charge on any atom is 0.408 e. The molecule has 0 aromatic carbocycles. The molecule has 4 heterocycles. The van der Waals surface area contributed by atoms with Gasteiger partial charge in [0, 0.05) is 19.2 Å². The number of anilines is 3. The molecule has 160 valence electrons. The topological polar surface area (TPSA) is 104 Å². The molecule has 0 radical (unpaired) electrons. The van der Waals surface area contributed by atoms with Crippen molar-refractivity contribution in [3.05, 3.63) is 30.2 Å². The number of rotatable bonds is 3. The molecule has 2 N–H and O–H groups in total. The summed E-state index contributed by atoms with van der Waals surface area (Å²) in [6, 6.07) is 1.71. The van der Waals surface area contributed by atoms with Crippen molar-refractivity contribution in [2.45, 2.75) is 38.0 Å². The van der Waals surface area contributed by atoms with Gasteiger partial charge in [-0.25, -0.2) is 9.78 Å². The third kappa shape index (κ3) is 3.76. The number of piperidine rings is 1. The molecule has 12 heteroatoms. The van der Waals surface area contributed by atoms with Crippen LogP contribution >= 0.6 is 0 Å². The van der Waals surface area contributed by atoms with Crippen molar-refractivity contribution < 1.29 is 27.3 Å². The second kappa shape index (κ2) is 7.50. The number of carbonyl (C=O) groups excluding carboxylic acids is 2. The highest BCUT2D eigenvalue weighted by molar-refractivity contribution is 6.04. The van der Waals surface area contributed by atoms with E-state index in [9.17, 15) is 22.8 Å². The van der Waals surface area contributed by atoms with Crippen LogP contribution in [-0.2, 0) is 0 Å². The molecule has 0 aliphatic carbocycles. The van der Waals surface area contributed by atoms with Gasteiger partial charge in [-0.1, -0.05) is 5.16 Å². The quantitative estimate of drug-likeness (QED) is 0.786. The highest BCUT2D eigenvalue weighted by atomic mass is 19.4. The van der Waals surface area contributed by atoms with E-state index in [-0.39, 0.29) is 23.4 Å². The van der Waals surface area contributed by atoms with Gasteiger partial charge in [0.25, 0.3) is 5.91 Å². The number of fused-ring (bicyclic) bond motifs is 4. The lowest BCUT2D eigenvalue weighted by atomic mass is 9.99. The van der Waals surface area contributed by atoms with Crippen molar-refractivity contribution in [2.75, 3.05) is 28.2 Å². The minimum atomic E-state index is -4.57. The number of pyridine rings is 1. The zero-order valence-corrected chi connectivity index (χ0v) is 15.9. The maximum absolute atomic E-state index is 12.9. The first-order valence-corrected chi connectivity index (χ1v) is 9.38. The van der Waals surface area contributed by atoms with Crippen LogP contribution in [0.5, 0.6) is 0 Å². The molecule has 0 unspecified atom stereocenters. The summed E-state index contributed by atoms with van der Waals surface area (Å²) in [5.41, 5.74) is 0.437. The SMILES string of the molecule is C[C@@H](NC(=O)c1ccc2c(n1)N(C(=O)Nc1ccon1)[C@H]1CCCN2C1)C(F)(F)F. The van der Waals surface area contributed by atoms with Crippen LogP contribution in [0.15, 0.2) is 29.0 Å². The second-order valence-electron chi connectivity index (χ2n) is 7.20. The Balaban J connectivity index is 1.65. The fourth-order valence-corrected chi connectivity index (χ4v) is 3.61. The van der Waals surface area contributed by atoms with Crippen LogP contribution in [0.25, 0.3) is 0 Å². The van der Waals surface area contributed by atoms with Gasteiger partial charge in [-0.3, -0.25) is 15.0 Å². The van der Waals surface area contributed by atoms with Crippen molar-refractivity contribution in [3.8, 4) is 0 Å². The summed E-state index contributed by atoms with van der Waals surface area (Å²) in [6.45, 7) is 2.21. The van der Waals surface area contributed by atoms with E-state index in [1.807, 2.05) is 5.32 Å². The van der Waals surface area contributed by atoms with Crippen LogP contribution in [0.2, 0.25) is 0 Å². The molecule has 2 atom stereocenters. The Morgan fingerprint density at radius 2 is 2.10 bits per heavy atom. The molecule has 2 bridgehead atoms. The standard InChI is InChI=1S/C18H19F3N6O3/c1-10(18(19,20)21)22-16(28)12-4-5-13-15(23-12)27(11-3-2-7-26(13)9-11)17(29)24-14-6-8-30-25-14/h4-6,8,10-11H,2-3,7,9H2,1H3,(H,22,28)(H,24,25,29)/t10-,11+/m1/s1. The summed E-state index contributed by atoms with van der Waals surface area (Å²) in [4.78, 5) is 33.0. The summed E-state index contributed by atoms with van der Waals surface area (Å²) < 4.78 is 43.1. The Morgan fingerprint density at radius 1 is 1.30 bits per heavy atom. The van der Waals surface area contributed by atoms with E-state index in [0.717, 1.165) is 26.3 Å². The monoisotopic (exact) mass is 424 g/mol. The van der Waals surface area contributed by atoms with Gasteiger partial charge >= 0.3 is 12.2 Å². The van der Waals surface area contributed by atoms with Crippen molar-refractivity contribution in [1.29, 1.82) is 0 Å². The molecule has 2 aliphatic rings. The van der Waals surface area contributed by atoms with Crippen molar-refractivity contribution in [2.24, 2.45) is 0 Å². The van der Waals surface area contributed by atoms with Gasteiger partial charge in [-0.2, -0.15) is 13.2 Å². The molecule has 9 nitrogen and oxygen atoms in total. The molecule has 2 aromatic rings. The van der Waals surface area contributed by atoms with E-state index in [0.29, 0.717) is 12.2 Å². The molecule has 2 aliphatic heterocycles. The Hall–Kier alpha value is -3.31. The number of urea groups is 1. The first kappa shape index (κ1) is 20.0. The number of nitrogens with zero attached hydrogens (tertiary/aromatic N) is 4. The van der Waals surface area contributed by atoms with Crippen LogP contribution in [0.4, 0.5) is 35.3 Å². The number of carbonyl (C=O) groups is 2. The average Bonchev–Trinajstić information content (AvgIpc) is 3.20. The fraction of sp³-hybridized carbons (Fsp3) is 0.444. The summed E-state index contributed by atoms with van der Waals surface area (Å²) >= 11 is 0. The van der Waals surface area contributed by atoms with E-state index in [4.69, 9.17) is 4.52 Å². The van der Waals surface area contributed by atoms with Crippen LogP contribution in [0.3, 0.4) is 0 Å². The van der Waals surface area contributed by atoms with E-state index < -0.39 is 24.2 Å². The zero-order valence-electron chi connectivity index (χ0n) is 15.9. The molecule has 1 saturated heterocycles. The molecule has 0 spiro atoms. The minimum Gasteiger partial charge on any atom is -0.366 e. The Kier molecular flexibility index (Phi) is 5.00. The van der Waals surface area contributed by atoms with Gasteiger partial charge in [-0.15, -0.1) is 0 Å². The van der Waals surface area contributed by atoms with Gasteiger partial charge in [-0.05, 0) is 31.9 Å². The smallest absolute Gasteiger partial charge is 0.366 e. The number of hydrogen-bond acceptors (Lipinski definition) is 6. The second-order valence-corrected chi connectivity index (χ2v) is 7.20. The summed E-state index contributed by atoms with van der Waals surface area (Å²) in [6.07, 6.45) is -1.67. The zero-order chi connectivity index (χ0) is 21.5. The number of hydrogen-bond donors (Lipinski definition) is 2. The number of halogens is 3. The van der Waals surface area contributed by atoms with Crippen LogP contribution in [0, 0.1) is 0 Å². The summed E-state index contributed by atoms with van der Waals surface area (Å²) in [7, 11) is 0. The average molecular weight is 424 g/mol. The highest BCUT2D eigenvalue weighted by Gasteiger charge is 2.40. The fourth-order valence-electron chi connectivity index (χ4n) is 3.61. The highest BCUT2D eigenvalue weighted by Crippen LogP contribution is 2.38. The number of nitrogens with one attached hydrogen (secondary N) is 2. The van der Waals surface area contributed by atoms with Gasteiger partial charge in [0.05, 0.1) is 11.7 Å². The first-order valence-electron chi connectivity index (χ1n) is 9.38. The number of aromatic nitrogens is 2. The van der Waals surface area contributed by atoms with Crippen LogP contribution in [-0.4, -0.2) is 53.4 Å². The van der Waals surface area contributed by atoms with Gasteiger partial charge in [0.15, 0.2) is 11.6 Å². The molecule has 30 heavy (non-hydrogen) atoms.